The highest BCUT2D eigenvalue weighted by molar-refractivity contribution is 5.73. The normalized spacial score (nSPS) is 10.4. The first-order chi connectivity index (χ1) is 8.30. The van der Waals surface area contributed by atoms with E-state index in [0.717, 1.165) is 12.1 Å². The number of amides is 1. The fraction of sp³-hybridized carbons (Fsp3) is 0.250. The molecule has 0 saturated heterocycles. The van der Waals surface area contributed by atoms with Crippen molar-refractivity contribution >= 4 is 5.91 Å². The predicted octanol–water partition coefficient (Wildman–Crippen LogP) is 1.90. The molecule has 1 amide bonds. The minimum atomic E-state index is -4.63. The first-order valence-electron chi connectivity index (χ1n) is 4.94. The average Bonchev–Trinajstić information content (AvgIpc) is 2.24. The molecular weight excluding hydrogens is 247 g/mol. The van der Waals surface area contributed by atoms with E-state index in [4.69, 9.17) is 5.11 Å². The summed E-state index contributed by atoms with van der Waals surface area (Å²) >= 11 is 0. The van der Waals surface area contributed by atoms with Crippen LogP contribution in [0.25, 0.3) is 0 Å². The Balaban J connectivity index is 2.89. The van der Waals surface area contributed by atoms with Crippen LogP contribution in [0.15, 0.2) is 18.2 Å². The molecule has 3 nitrogen and oxygen atoms in total. The molecule has 0 fully saturated rings. The minimum absolute atomic E-state index is 0.0531. The van der Waals surface area contributed by atoms with Gasteiger partial charge in [-0.1, -0.05) is 11.8 Å². The van der Waals surface area contributed by atoms with Gasteiger partial charge in [-0.15, -0.1) is 0 Å². The van der Waals surface area contributed by atoms with Crippen LogP contribution in [0.5, 0.6) is 5.75 Å². The van der Waals surface area contributed by atoms with E-state index in [-0.39, 0.29) is 18.0 Å². The van der Waals surface area contributed by atoms with Crippen LogP contribution in [0.2, 0.25) is 0 Å². The highest BCUT2D eigenvalue weighted by atomic mass is 19.4. The maximum Gasteiger partial charge on any atom is 0.419 e. The van der Waals surface area contributed by atoms with Gasteiger partial charge in [-0.05, 0) is 18.2 Å². The van der Waals surface area contributed by atoms with Crippen LogP contribution >= 0.6 is 0 Å². The molecule has 1 aromatic carbocycles. The minimum Gasteiger partial charge on any atom is -0.507 e. The van der Waals surface area contributed by atoms with Crippen molar-refractivity contribution in [1.82, 2.24) is 5.32 Å². The van der Waals surface area contributed by atoms with Crippen molar-refractivity contribution in [3.63, 3.8) is 0 Å². The molecule has 96 valence electrons. The third kappa shape index (κ3) is 4.01. The Morgan fingerprint density at radius 1 is 1.44 bits per heavy atom. The van der Waals surface area contributed by atoms with E-state index in [1.54, 1.807) is 0 Å². The van der Waals surface area contributed by atoms with Gasteiger partial charge in [0.05, 0.1) is 12.1 Å². The lowest BCUT2D eigenvalue weighted by Crippen LogP contribution is -2.19. The highest BCUT2D eigenvalue weighted by Gasteiger charge is 2.33. The predicted molar refractivity (Wildman–Crippen MR) is 58.7 cm³/mol. The molecule has 0 heterocycles. The SMILES string of the molecule is CC(=O)NCC#Cc1ccc(O)c(C(F)(F)F)c1. The lowest BCUT2D eigenvalue weighted by molar-refractivity contribution is -0.138. The number of hydrogen-bond acceptors (Lipinski definition) is 2. The summed E-state index contributed by atoms with van der Waals surface area (Å²) in [6, 6.07) is 2.96. The number of phenols is 1. The number of nitrogens with one attached hydrogen (secondary N) is 1. The molecule has 1 aromatic rings. The summed E-state index contributed by atoms with van der Waals surface area (Å²) in [4.78, 5) is 10.5. The maximum atomic E-state index is 12.5. The number of aromatic hydroxyl groups is 1. The third-order valence-corrected chi connectivity index (χ3v) is 1.96. The zero-order chi connectivity index (χ0) is 13.8. The van der Waals surface area contributed by atoms with Gasteiger partial charge in [-0.25, -0.2) is 0 Å². The summed E-state index contributed by atoms with van der Waals surface area (Å²) in [7, 11) is 0. The van der Waals surface area contributed by atoms with Crippen LogP contribution < -0.4 is 5.32 Å². The summed E-state index contributed by atoms with van der Waals surface area (Å²) in [5.41, 5.74) is -1.01. The molecule has 0 bridgehead atoms. The van der Waals surface area contributed by atoms with Gasteiger partial charge in [0.1, 0.15) is 5.75 Å². The van der Waals surface area contributed by atoms with Crippen LogP contribution in [-0.2, 0) is 11.0 Å². The van der Waals surface area contributed by atoms with Crippen molar-refractivity contribution in [3.05, 3.63) is 29.3 Å². The fourth-order valence-corrected chi connectivity index (χ4v) is 1.16. The summed E-state index contributed by atoms with van der Waals surface area (Å²) in [6.07, 6.45) is -4.63. The molecule has 0 aliphatic carbocycles. The maximum absolute atomic E-state index is 12.5. The second kappa shape index (κ2) is 5.45. The number of alkyl halides is 3. The Labute approximate surface area is 102 Å². The molecule has 18 heavy (non-hydrogen) atoms. The van der Waals surface area contributed by atoms with Gasteiger partial charge in [0, 0.05) is 12.5 Å². The van der Waals surface area contributed by atoms with Crippen LogP contribution in [0.1, 0.15) is 18.1 Å². The van der Waals surface area contributed by atoms with E-state index in [0.29, 0.717) is 0 Å². The van der Waals surface area contributed by atoms with Crippen LogP contribution in [0, 0.1) is 11.8 Å². The Morgan fingerprint density at radius 3 is 2.67 bits per heavy atom. The fourth-order valence-electron chi connectivity index (χ4n) is 1.16. The van der Waals surface area contributed by atoms with Gasteiger partial charge >= 0.3 is 6.18 Å². The van der Waals surface area contributed by atoms with Crippen molar-refractivity contribution in [3.8, 4) is 17.6 Å². The lowest BCUT2D eigenvalue weighted by Gasteiger charge is -2.08. The molecule has 2 N–H and O–H groups in total. The standard InChI is InChI=1S/C12H10F3NO2/c1-8(17)16-6-2-3-9-4-5-11(18)10(7-9)12(13,14)15/h4-5,7,18H,6H2,1H3,(H,16,17). The van der Waals surface area contributed by atoms with Crippen molar-refractivity contribution in [2.45, 2.75) is 13.1 Å². The zero-order valence-corrected chi connectivity index (χ0v) is 9.43. The summed E-state index contributed by atoms with van der Waals surface area (Å²) in [6.45, 7) is 1.36. The van der Waals surface area contributed by atoms with Gasteiger partial charge in [0.25, 0.3) is 0 Å². The number of rotatable bonds is 1. The molecule has 1 rings (SSSR count). The second-order valence-corrected chi connectivity index (χ2v) is 3.44. The Morgan fingerprint density at radius 2 is 2.11 bits per heavy atom. The van der Waals surface area contributed by atoms with E-state index in [1.807, 2.05) is 0 Å². The first-order valence-corrected chi connectivity index (χ1v) is 4.94. The van der Waals surface area contributed by atoms with Gasteiger partial charge in [-0.3, -0.25) is 4.79 Å². The van der Waals surface area contributed by atoms with Crippen LogP contribution in [-0.4, -0.2) is 17.6 Å². The van der Waals surface area contributed by atoms with Crippen molar-refractivity contribution in [1.29, 1.82) is 0 Å². The number of carbonyl (C=O) groups excluding carboxylic acids is 1. The lowest BCUT2D eigenvalue weighted by atomic mass is 10.1. The third-order valence-electron chi connectivity index (χ3n) is 1.96. The number of carbonyl (C=O) groups is 1. The van der Waals surface area contributed by atoms with Crippen molar-refractivity contribution in [2.24, 2.45) is 0 Å². The quantitative estimate of drug-likeness (QED) is 0.755. The molecule has 0 aromatic heterocycles. The largest absolute Gasteiger partial charge is 0.507 e. The topological polar surface area (TPSA) is 49.3 Å². The van der Waals surface area contributed by atoms with Crippen molar-refractivity contribution < 1.29 is 23.1 Å². The molecule has 0 aliphatic heterocycles. The average molecular weight is 257 g/mol. The van der Waals surface area contributed by atoms with Crippen LogP contribution in [0.3, 0.4) is 0 Å². The summed E-state index contributed by atoms with van der Waals surface area (Å²) in [5.74, 6) is 3.85. The monoisotopic (exact) mass is 257 g/mol. The molecule has 0 saturated carbocycles. The Bertz CT molecular complexity index is 512. The number of hydrogen-bond donors (Lipinski definition) is 2. The molecule has 0 unspecified atom stereocenters. The smallest absolute Gasteiger partial charge is 0.419 e. The van der Waals surface area contributed by atoms with Crippen molar-refractivity contribution in [2.75, 3.05) is 6.54 Å². The number of halogens is 3. The summed E-state index contributed by atoms with van der Waals surface area (Å²) in [5, 5.41) is 11.5. The van der Waals surface area contributed by atoms with Crippen LogP contribution in [0.4, 0.5) is 13.2 Å². The number of phenolic OH excluding ortho intramolecular Hbond substituents is 1. The number of benzene rings is 1. The van der Waals surface area contributed by atoms with E-state index >= 15 is 0 Å². The molecule has 0 spiro atoms. The van der Waals surface area contributed by atoms with E-state index in [1.165, 1.54) is 13.0 Å². The molecule has 0 atom stereocenters. The molecular formula is C12H10F3NO2. The van der Waals surface area contributed by atoms with E-state index in [9.17, 15) is 18.0 Å². The zero-order valence-electron chi connectivity index (χ0n) is 9.43. The highest BCUT2D eigenvalue weighted by Crippen LogP contribution is 2.35. The Kier molecular flexibility index (Phi) is 4.21. The first kappa shape index (κ1) is 13.9. The second-order valence-electron chi connectivity index (χ2n) is 3.44. The molecule has 6 heteroatoms. The van der Waals surface area contributed by atoms with Gasteiger partial charge in [-0.2, -0.15) is 13.2 Å². The van der Waals surface area contributed by atoms with E-state index in [2.05, 4.69) is 17.2 Å². The van der Waals surface area contributed by atoms with E-state index < -0.39 is 17.5 Å². The molecule has 0 aliphatic rings. The van der Waals surface area contributed by atoms with Gasteiger partial charge in [0.15, 0.2) is 0 Å². The van der Waals surface area contributed by atoms with Gasteiger partial charge < -0.3 is 10.4 Å². The van der Waals surface area contributed by atoms with Gasteiger partial charge in [0.2, 0.25) is 5.91 Å². The summed E-state index contributed by atoms with van der Waals surface area (Å²) < 4.78 is 37.4. The molecule has 0 radical (unpaired) electrons. The Hall–Kier alpha value is -2.16.